The fourth-order valence-corrected chi connectivity index (χ4v) is 3.97. The predicted molar refractivity (Wildman–Crippen MR) is 105 cm³/mol. The van der Waals surface area contributed by atoms with E-state index < -0.39 is 6.10 Å². The molecule has 0 spiro atoms. The number of carbonyl (C=O) groups is 1. The molecule has 4 rings (SSSR count). The third kappa shape index (κ3) is 4.11. The highest BCUT2D eigenvalue weighted by Crippen LogP contribution is 2.20. The van der Waals surface area contributed by atoms with E-state index in [9.17, 15) is 9.90 Å². The van der Waals surface area contributed by atoms with Crippen molar-refractivity contribution in [3.8, 4) is 0 Å². The van der Waals surface area contributed by atoms with Gasteiger partial charge in [-0.25, -0.2) is 0 Å². The number of likely N-dealkylation sites (tertiary alicyclic amines) is 1. The fraction of sp³-hybridized carbons (Fsp3) is 0.524. The molecular formula is C21H28N4O3. The number of hydrogen-bond donors (Lipinski definition) is 1. The number of amides is 1. The van der Waals surface area contributed by atoms with Crippen LogP contribution in [0.5, 0.6) is 0 Å². The van der Waals surface area contributed by atoms with Crippen molar-refractivity contribution in [1.82, 2.24) is 19.6 Å². The number of benzene rings is 1. The van der Waals surface area contributed by atoms with E-state index in [1.165, 1.54) is 5.56 Å². The first-order chi connectivity index (χ1) is 13.5. The first-order valence-corrected chi connectivity index (χ1v) is 9.95. The first-order valence-electron chi connectivity index (χ1n) is 9.95. The lowest BCUT2D eigenvalue weighted by atomic mass is 10.2. The standard InChI is InChI=1S/C21H28N4O3/c1-15(2)28-20-14-24(13-19(20)26)21(27)18-10-17-12-23(8-9-25(17)22-18)11-16-6-4-3-5-7-16/h3-7,10,15,19-20,26H,8-9,11-14H2,1-2H3/t19-,20-/m0/s1. The van der Waals surface area contributed by atoms with Crippen LogP contribution in [0.15, 0.2) is 36.4 Å². The molecule has 2 aromatic rings. The van der Waals surface area contributed by atoms with Gasteiger partial charge >= 0.3 is 0 Å². The third-order valence-electron chi connectivity index (χ3n) is 5.32. The lowest BCUT2D eigenvalue weighted by molar-refractivity contribution is -0.0394. The number of aliphatic hydroxyl groups excluding tert-OH is 1. The van der Waals surface area contributed by atoms with Crippen LogP contribution in [-0.4, -0.2) is 68.5 Å². The Hall–Kier alpha value is -2.22. The first kappa shape index (κ1) is 19.1. The topological polar surface area (TPSA) is 70.8 Å². The third-order valence-corrected chi connectivity index (χ3v) is 5.32. The minimum Gasteiger partial charge on any atom is -0.388 e. The maximum atomic E-state index is 12.9. The number of hydrogen-bond acceptors (Lipinski definition) is 5. The minimum atomic E-state index is -0.648. The summed E-state index contributed by atoms with van der Waals surface area (Å²) in [6.07, 6.45) is -0.960. The average Bonchev–Trinajstić information content (AvgIpc) is 3.25. The summed E-state index contributed by atoms with van der Waals surface area (Å²) in [7, 11) is 0. The molecule has 28 heavy (non-hydrogen) atoms. The van der Waals surface area contributed by atoms with Gasteiger partial charge in [-0.1, -0.05) is 30.3 Å². The van der Waals surface area contributed by atoms with Crippen molar-refractivity contribution in [3.05, 3.63) is 53.3 Å². The molecule has 1 fully saturated rings. The van der Waals surface area contributed by atoms with E-state index in [0.717, 1.165) is 31.9 Å². The molecule has 1 aromatic carbocycles. The largest absolute Gasteiger partial charge is 0.388 e. The minimum absolute atomic E-state index is 0.0187. The Labute approximate surface area is 165 Å². The van der Waals surface area contributed by atoms with E-state index in [-0.39, 0.29) is 18.1 Å². The summed E-state index contributed by atoms with van der Waals surface area (Å²) in [5.74, 6) is -0.134. The van der Waals surface area contributed by atoms with E-state index in [4.69, 9.17) is 4.74 Å². The van der Waals surface area contributed by atoms with E-state index >= 15 is 0 Å². The molecule has 0 bridgehead atoms. The van der Waals surface area contributed by atoms with E-state index in [1.807, 2.05) is 30.7 Å². The summed E-state index contributed by atoms with van der Waals surface area (Å²) >= 11 is 0. The maximum Gasteiger partial charge on any atom is 0.274 e. The van der Waals surface area contributed by atoms with Gasteiger partial charge in [-0.3, -0.25) is 14.4 Å². The molecule has 0 saturated carbocycles. The second-order valence-electron chi connectivity index (χ2n) is 7.94. The van der Waals surface area contributed by atoms with Gasteiger partial charge in [0.15, 0.2) is 5.69 Å². The average molecular weight is 384 g/mol. The van der Waals surface area contributed by atoms with Gasteiger partial charge in [0.25, 0.3) is 5.91 Å². The monoisotopic (exact) mass is 384 g/mol. The molecule has 1 saturated heterocycles. The highest BCUT2D eigenvalue weighted by Gasteiger charge is 2.36. The van der Waals surface area contributed by atoms with Gasteiger partial charge in [0.1, 0.15) is 6.10 Å². The summed E-state index contributed by atoms with van der Waals surface area (Å²) < 4.78 is 7.65. The van der Waals surface area contributed by atoms with Gasteiger partial charge in [0, 0.05) is 32.7 Å². The highest BCUT2D eigenvalue weighted by molar-refractivity contribution is 5.92. The molecule has 2 aliphatic rings. The van der Waals surface area contributed by atoms with Crippen molar-refractivity contribution in [3.63, 3.8) is 0 Å². The van der Waals surface area contributed by atoms with Crippen LogP contribution in [0.4, 0.5) is 0 Å². The molecule has 0 aliphatic carbocycles. The normalized spacial score (nSPS) is 22.6. The molecule has 1 amide bonds. The van der Waals surface area contributed by atoms with Crippen LogP contribution >= 0.6 is 0 Å². The summed E-state index contributed by atoms with van der Waals surface area (Å²) in [5.41, 5.74) is 2.79. The maximum absolute atomic E-state index is 12.9. The molecule has 7 heteroatoms. The highest BCUT2D eigenvalue weighted by atomic mass is 16.5. The van der Waals surface area contributed by atoms with Crippen LogP contribution in [0, 0.1) is 0 Å². The molecule has 150 valence electrons. The Bertz CT molecular complexity index is 820. The molecular weight excluding hydrogens is 356 g/mol. The molecule has 1 N–H and O–H groups in total. The zero-order valence-electron chi connectivity index (χ0n) is 16.5. The van der Waals surface area contributed by atoms with Crippen LogP contribution in [0.1, 0.15) is 35.6 Å². The number of aliphatic hydroxyl groups is 1. The Kier molecular flexibility index (Phi) is 5.48. The van der Waals surface area contributed by atoms with Gasteiger partial charge in [-0.15, -0.1) is 0 Å². The Morgan fingerprint density at radius 3 is 2.79 bits per heavy atom. The number of ether oxygens (including phenoxy) is 1. The number of aromatic nitrogens is 2. The van der Waals surface area contributed by atoms with Crippen LogP contribution in [0.25, 0.3) is 0 Å². The summed E-state index contributed by atoms with van der Waals surface area (Å²) in [6.45, 7) is 7.91. The number of fused-ring (bicyclic) bond motifs is 1. The lowest BCUT2D eigenvalue weighted by Crippen LogP contribution is -2.33. The van der Waals surface area contributed by atoms with Crippen LogP contribution < -0.4 is 0 Å². The van der Waals surface area contributed by atoms with Gasteiger partial charge in [0.2, 0.25) is 0 Å². The van der Waals surface area contributed by atoms with Gasteiger partial charge in [-0.2, -0.15) is 5.10 Å². The smallest absolute Gasteiger partial charge is 0.274 e. The van der Waals surface area contributed by atoms with E-state index in [0.29, 0.717) is 18.8 Å². The van der Waals surface area contributed by atoms with E-state index in [2.05, 4.69) is 34.3 Å². The van der Waals surface area contributed by atoms with Crippen molar-refractivity contribution in [1.29, 1.82) is 0 Å². The molecule has 3 heterocycles. The molecule has 7 nitrogen and oxygen atoms in total. The zero-order chi connectivity index (χ0) is 19.7. The van der Waals surface area contributed by atoms with Crippen LogP contribution in [0.2, 0.25) is 0 Å². The van der Waals surface area contributed by atoms with Gasteiger partial charge < -0.3 is 14.7 Å². The zero-order valence-corrected chi connectivity index (χ0v) is 16.5. The summed E-state index contributed by atoms with van der Waals surface area (Å²) in [6, 6.07) is 12.3. The van der Waals surface area contributed by atoms with Crippen molar-refractivity contribution in [2.45, 2.75) is 51.8 Å². The van der Waals surface area contributed by atoms with E-state index in [1.54, 1.807) is 4.90 Å². The van der Waals surface area contributed by atoms with Crippen molar-refractivity contribution in [2.24, 2.45) is 0 Å². The number of carbonyl (C=O) groups excluding carboxylic acids is 1. The Morgan fingerprint density at radius 1 is 1.25 bits per heavy atom. The molecule has 1 aromatic heterocycles. The number of rotatable bonds is 5. The molecule has 2 aliphatic heterocycles. The van der Waals surface area contributed by atoms with Gasteiger partial charge in [0.05, 0.1) is 24.4 Å². The summed E-state index contributed by atoms with van der Waals surface area (Å²) in [5, 5.41) is 14.7. The fourth-order valence-electron chi connectivity index (χ4n) is 3.97. The van der Waals surface area contributed by atoms with Gasteiger partial charge in [-0.05, 0) is 25.5 Å². The van der Waals surface area contributed by atoms with Crippen molar-refractivity contribution in [2.75, 3.05) is 19.6 Å². The van der Waals surface area contributed by atoms with Crippen LogP contribution in [-0.2, 0) is 24.4 Å². The lowest BCUT2D eigenvalue weighted by Gasteiger charge is -2.27. The van der Waals surface area contributed by atoms with Crippen LogP contribution in [0.3, 0.4) is 0 Å². The number of nitrogens with zero attached hydrogens (tertiary/aromatic N) is 4. The number of β-amino-alcohol motifs (C(OH)–C–C–N with tert-alkyl or cyclic N) is 1. The predicted octanol–water partition coefficient (Wildman–Crippen LogP) is 1.51. The second-order valence-corrected chi connectivity index (χ2v) is 7.94. The molecule has 0 radical (unpaired) electrons. The van der Waals surface area contributed by atoms with Crippen molar-refractivity contribution >= 4 is 5.91 Å². The Balaban J connectivity index is 1.41. The Morgan fingerprint density at radius 2 is 2.04 bits per heavy atom. The molecule has 0 unspecified atom stereocenters. The second kappa shape index (κ2) is 8.03. The summed E-state index contributed by atoms with van der Waals surface area (Å²) in [4.78, 5) is 16.9. The quantitative estimate of drug-likeness (QED) is 0.846. The SMILES string of the molecule is CC(C)O[C@H]1CN(C(=O)c2cc3n(n2)CCN(Cc2ccccc2)C3)C[C@@H]1O. The molecule has 2 atom stereocenters. The van der Waals surface area contributed by atoms with Crippen molar-refractivity contribution < 1.29 is 14.6 Å².